The number of carboxylic acid groups (broad SMARTS) is 1. The third-order valence-corrected chi connectivity index (χ3v) is 1.91. The van der Waals surface area contributed by atoms with Gasteiger partial charge in [-0.05, 0) is 24.6 Å². The van der Waals surface area contributed by atoms with E-state index in [1.165, 1.54) is 12.1 Å². The van der Waals surface area contributed by atoms with Crippen molar-refractivity contribution < 1.29 is 14.7 Å². The van der Waals surface area contributed by atoms with E-state index in [9.17, 15) is 9.59 Å². The molecule has 3 N–H and O–H groups in total. The third kappa shape index (κ3) is 1.51. The zero-order valence-electron chi connectivity index (χ0n) is 7.07. The number of carbonyl (C=O) groups is 2. The van der Waals surface area contributed by atoms with Gasteiger partial charge in [-0.1, -0.05) is 0 Å². The molecule has 0 aliphatic heterocycles. The molecule has 68 valence electrons. The fourth-order valence-corrected chi connectivity index (χ4v) is 1.08. The molecule has 0 saturated heterocycles. The number of rotatable bonds is 2. The summed E-state index contributed by atoms with van der Waals surface area (Å²) in [4.78, 5) is 21.2. The summed E-state index contributed by atoms with van der Waals surface area (Å²) in [6.07, 6.45) is 0.509. The highest BCUT2D eigenvalue weighted by Gasteiger charge is 2.12. The molecule has 0 heterocycles. The first-order valence-corrected chi connectivity index (χ1v) is 3.65. The highest BCUT2D eigenvalue weighted by atomic mass is 16.4. The molecule has 4 heteroatoms. The second-order valence-corrected chi connectivity index (χ2v) is 2.66. The van der Waals surface area contributed by atoms with Crippen molar-refractivity contribution in [2.75, 3.05) is 5.73 Å². The topological polar surface area (TPSA) is 80.4 Å². The molecule has 1 aromatic carbocycles. The summed E-state index contributed by atoms with van der Waals surface area (Å²) in [5, 5.41) is 8.71. The van der Waals surface area contributed by atoms with Gasteiger partial charge in [0.15, 0.2) is 6.29 Å². The molecule has 0 fully saturated rings. The standard InChI is InChI=1S/C9H9NO3/c1-5-7(4-11)6(9(12)13)2-3-8(5)10/h2-4H,10H2,1H3,(H,12,13). The molecule has 0 bridgehead atoms. The van der Waals surface area contributed by atoms with Crippen LogP contribution in [0.5, 0.6) is 0 Å². The van der Waals surface area contributed by atoms with E-state index in [1.54, 1.807) is 6.92 Å². The Morgan fingerprint density at radius 1 is 1.54 bits per heavy atom. The van der Waals surface area contributed by atoms with E-state index < -0.39 is 5.97 Å². The summed E-state index contributed by atoms with van der Waals surface area (Å²) in [7, 11) is 0. The first-order valence-electron chi connectivity index (χ1n) is 3.65. The molecule has 0 radical (unpaired) electrons. The zero-order chi connectivity index (χ0) is 10.0. The molecule has 0 aliphatic rings. The van der Waals surface area contributed by atoms with Gasteiger partial charge in [-0.3, -0.25) is 4.79 Å². The molecule has 4 nitrogen and oxygen atoms in total. The van der Waals surface area contributed by atoms with E-state index in [4.69, 9.17) is 10.8 Å². The largest absolute Gasteiger partial charge is 0.478 e. The van der Waals surface area contributed by atoms with Crippen molar-refractivity contribution in [3.8, 4) is 0 Å². The van der Waals surface area contributed by atoms with Crippen molar-refractivity contribution in [1.29, 1.82) is 0 Å². The lowest BCUT2D eigenvalue weighted by Crippen LogP contribution is -2.05. The minimum absolute atomic E-state index is 0.0123. The van der Waals surface area contributed by atoms with Gasteiger partial charge in [0, 0.05) is 11.3 Å². The van der Waals surface area contributed by atoms with Gasteiger partial charge in [-0.15, -0.1) is 0 Å². The number of aromatic carboxylic acids is 1. The van der Waals surface area contributed by atoms with Gasteiger partial charge in [0.2, 0.25) is 0 Å². The molecule has 0 spiro atoms. The van der Waals surface area contributed by atoms with Gasteiger partial charge < -0.3 is 10.8 Å². The average Bonchev–Trinajstić information content (AvgIpc) is 2.09. The molecule has 0 atom stereocenters. The molecule has 1 aromatic rings. The van der Waals surface area contributed by atoms with E-state index >= 15 is 0 Å². The van der Waals surface area contributed by atoms with Crippen LogP contribution in [0.25, 0.3) is 0 Å². The predicted molar refractivity (Wildman–Crippen MR) is 47.9 cm³/mol. The van der Waals surface area contributed by atoms with Gasteiger partial charge >= 0.3 is 5.97 Å². The van der Waals surface area contributed by atoms with Crippen molar-refractivity contribution in [2.45, 2.75) is 6.92 Å². The van der Waals surface area contributed by atoms with E-state index in [0.29, 0.717) is 17.5 Å². The van der Waals surface area contributed by atoms with Gasteiger partial charge in [0.05, 0.1) is 5.56 Å². The Balaban J connectivity index is 3.47. The Kier molecular flexibility index (Phi) is 2.32. The Bertz CT molecular complexity index is 371. The van der Waals surface area contributed by atoms with Gasteiger partial charge in [-0.25, -0.2) is 4.79 Å². The fourth-order valence-electron chi connectivity index (χ4n) is 1.08. The Labute approximate surface area is 75.0 Å². The maximum atomic E-state index is 10.6. The van der Waals surface area contributed by atoms with Crippen molar-refractivity contribution in [3.05, 3.63) is 28.8 Å². The number of hydrogen-bond donors (Lipinski definition) is 2. The number of carboxylic acids is 1. The van der Waals surface area contributed by atoms with Crippen LogP contribution in [0.2, 0.25) is 0 Å². The summed E-state index contributed by atoms with van der Waals surface area (Å²) in [5.74, 6) is -1.12. The molecular formula is C9H9NO3. The molecule has 0 amide bonds. The van der Waals surface area contributed by atoms with Crippen LogP contribution < -0.4 is 5.73 Å². The first-order chi connectivity index (χ1) is 6.07. The van der Waals surface area contributed by atoms with E-state index in [-0.39, 0.29) is 11.1 Å². The number of benzene rings is 1. The summed E-state index contributed by atoms with van der Waals surface area (Å²) in [6, 6.07) is 2.81. The lowest BCUT2D eigenvalue weighted by molar-refractivity contribution is 0.0694. The number of hydrogen-bond acceptors (Lipinski definition) is 3. The number of carbonyl (C=O) groups excluding carboxylic acids is 1. The molecule has 0 aromatic heterocycles. The Morgan fingerprint density at radius 3 is 2.62 bits per heavy atom. The van der Waals surface area contributed by atoms with E-state index in [1.807, 2.05) is 0 Å². The van der Waals surface area contributed by atoms with Gasteiger partial charge in [0.1, 0.15) is 0 Å². The summed E-state index contributed by atoms with van der Waals surface area (Å²) in [5.41, 5.74) is 6.58. The number of aldehydes is 1. The minimum atomic E-state index is -1.12. The maximum absolute atomic E-state index is 10.6. The van der Waals surface area contributed by atoms with Crippen LogP contribution in [0, 0.1) is 6.92 Å². The maximum Gasteiger partial charge on any atom is 0.336 e. The second-order valence-electron chi connectivity index (χ2n) is 2.66. The highest BCUT2D eigenvalue weighted by Crippen LogP contribution is 2.18. The lowest BCUT2D eigenvalue weighted by Gasteiger charge is -2.05. The third-order valence-electron chi connectivity index (χ3n) is 1.91. The van der Waals surface area contributed by atoms with Gasteiger partial charge in [-0.2, -0.15) is 0 Å². The minimum Gasteiger partial charge on any atom is -0.478 e. The smallest absolute Gasteiger partial charge is 0.336 e. The van der Waals surface area contributed by atoms with Crippen LogP contribution in [0.1, 0.15) is 26.3 Å². The normalized spacial score (nSPS) is 9.62. The Hall–Kier alpha value is -1.84. The molecule has 0 unspecified atom stereocenters. The summed E-state index contributed by atoms with van der Waals surface area (Å²) in [6.45, 7) is 1.62. The lowest BCUT2D eigenvalue weighted by atomic mass is 10.0. The molecular weight excluding hydrogens is 170 g/mol. The molecule has 0 saturated carbocycles. The van der Waals surface area contributed by atoms with Gasteiger partial charge in [0.25, 0.3) is 0 Å². The van der Waals surface area contributed by atoms with Crippen LogP contribution in [-0.4, -0.2) is 17.4 Å². The van der Waals surface area contributed by atoms with Crippen molar-refractivity contribution in [2.24, 2.45) is 0 Å². The quantitative estimate of drug-likeness (QED) is 0.526. The molecule has 0 aliphatic carbocycles. The summed E-state index contributed by atoms with van der Waals surface area (Å²) < 4.78 is 0. The second kappa shape index (κ2) is 3.26. The molecule has 13 heavy (non-hydrogen) atoms. The monoisotopic (exact) mass is 179 g/mol. The van der Waals surface area contributed by atoms with Crippen molar-refractivity contribution in [1.82, 2.24) is 0 Å². The predicted octanol–water partition coefficient (Wildman–Crippen LogP) is 1.09. The van der Waals surface area contributed by atoms with Crippen LogP contribution in [-0.2, 0) is 0 Å². The molecule has 1 rings (SSSR count). The van der Waals surface area contributed by atoms with E-state index in [2.05, 4.69) is 0 Å². The van der Waals surface area contributed by atoms with Crippen LogP contribution >= 0.6 is 0 Å². The SMILES string of the molecule is Cc1c(N)ccc(C(=O)O)c1C=O. The fraction of sp³-hybridized carbons (Fsp3) is 0.111. The number of nitrogens with two attached hydrogens (primary N) is 1. The van der Waals surface area contributed by atoms with Crippen LogP contribution in [0.4, 0.5) is 5.69 Å². The van der Waals surface area contributed by atoms with Crippen molar-refractivity contribution in [3.63, 3.8) is 0 Å². The van der Waals surface area contributed by atoms with Crippen LogP contribution in [0.3, 0.4) is 0 Å². The zero-order valence-corrected chi connectivity index (χ0v) is 7.07. The first kappa shape index (κ1) is 9.25. The number of anilines is 1. The van der Waals surface area contributed by atoms with E-state index in [0.717, 1.165) is 0 Å². The average molecular weight is 179 g/mol. The Morgan fingerprint density at radius 2 is 2.15 bits per heavy atom. The van der Waals surface area contributed by atoms with Crippen molar-refractivity contribution >= 4 is 17.9 Å². The van der Waals surface area contributed by atoms with Crippen LogP contribution in [0.15, 0.2) is 12.1 Å². The number of nitrogen functional groups attached to an aromatic ring is 1. The highest BCUT2D eigenvalue weighted by molar-refractivity contribution is 5.99. The summed E-state index contributed by atoms with van der Waals surface area (Å²) >= 11 is 0.